The molecular formula is C15H18Cl2N6. The summed E-state index contributed by atoms with van der Waals surface area (Å²) in [5.74, 6) is 1.28. The van der Waals surface area contributed by atoms with Gasteiger partial charge in [0, 0.05) is 31.9 Å². The zero-order chi connectivity index (χ0) is 16.2. The summed E-state index contributed by atoms with van der Waals surface area (Å²) in [7, 11) is 0. The molecule has 1 aromatic carbocycles. The van der Waals surface area contributed by atoms with E-state index in [0.717, 1.165) is 44.2 Å². The van der Waals surface area contributed by atoms with Crippen LogP contribution in [0.3, 0.4) is 0 Å². The maximum atomic E-state index is 6.02. The van der Waals surface area contributed by atoms with Gasteiger partial charge in [-0.1, -0.05) is 30.1 Å². The van der Waals surface area contributed by atoms with Crippen LogP contribution in [0.15, 0.2) is 24.4 Å². The first-order chi connectivity index (χ1) is 11.2. The lowest BCUT2D eigenvalue weighted by Crippen LogP contribution is -2.46. The Morgan fingerprint density at radius 1 is 1.13 bits per heavy atom. The van der Waals surface area contributed by atoms with Gasteiger partial charge >= 0.3 is 0 Å². The molecule has 6 nitrogen and oxygen atoms in total. The Bertz CT molecular complexity index is 673. The van der Waals surface area contributed by atoms with E-state index in [1.807, 2.05) is 6.07 Å². The van der Waals surface area contributed by atoms with Crippen molar-refractivity contribution in [3.63, 3.8) is 0 Å². The van der Waals surface area contributed by atoms with E-state index in [1.54, 1.807) is 18.3 Å². The smallest absolute Gasteiger partial charge is 0.249 e. The normalized spacial score (nSPS) is 15.7. The van der Waals surface area contributed by atoms with E-state index < -0.39 is 0 Å². The number of halogens is 2. The van der Waals surface area contributed by atoms with Crippen LogP contribution in [0.1, 0.15) is 6.92 Å². The van der Waals surface area contributed by atoms with Crippen LogP contribution in [0.25, 0.3) is 0 Å². The second kappa shape index (κ2) is 7.29. The molecule has 0 saturated carbocycles. The minimum Gasteiger partial charge on any atom is -0.353 e. The maximum absolute atomic E-state index is 6.02. The number of hydrogen-bond donors (Lipinski definition) is 1. The average molecular weight is 353 g/mol. The third kappa shape index (κ3) is 4.02. The van der Waals surface area contributed by atoms with Crippen LogP contribution in [0.4, 0.5) is 17.5 Å². The van der Waals surface area contributed by atoms with Crippen LogP contribution in [0.2, 0.25) is 10.0 Å². The number of nitrogens with zero attached hydrogens (tertiary/aromatic N) is 5. The lowest BCUT2D eigenvalue weighted by Gasteiger charge is -2.34. The zero-order valence-electron chi connectivity index (χ0n) is 12.8. The van der Waals surface area contributed by atoms with Gasteiger partial charge in [0.05, 0.1) is 16.2 Å². The van der Waals surface area contributed by atoms with Crippen LogP contribution < -0.4 is 10.2 Å². The molecule has 1 aliphatic rings. The van der Waals surface area contributed by atoms with Gasteiger partial charge in [0.25, 0.3) is 0 Å². The monoisotopic (exact) mass is 352 g/mol. The van der Waals surface area contributed by atoms with E-state index in [1.165, 1.54) is 0 Å². The van der Waals surface area contributed by atoms with Crippen molar-refractivity contribution in [3.8, 4) is 0 Å². The van der Waals surface area contributed by atoms with E-state index >= 15 is 0 Å². The molecule has 1 fully saturated rings. The van der Waals surface area contributed by atoms with Gasteiger partial charge in [-0.3, -0.25) is 0 Å². The predicted molar refractivity (Wildman–Crippen MR) is 93.9 cm³/mol. The number of hydrogen-bond acceptors (Lipinski definition) is 6. The molecule has 1 aliphatic heterocycles. The zero-order valence-corrected chi connectivity index (χ0v) is 14.3. The molecule has 3 rings (SSSR count). The highest BCUT2D eigenvalue weighted by Gasteiger charge is 2.17. The fraction of sp³-hybridized carbons (Fsp3) is 0.400. The van der Waals surface area contributed by atoms with Gasteiger partial charge in [-0.15, -0.1) is 5.10 Å². The predicted octanol–water partition coefficient (Wildman–Crippen LogP) is 3.06. The minimum atomic E-state index is 0.443. The second-order valence-electron chi connectivity index (χ2n) is 5.31. The van der Waals surface area contributed by atoms with E-state index in [9.17, 15) is 0 Å². The number of aromatic nitrogens is 3. The summed E-state index contributed by atoms with van der Waals surface area (Å²) in [6.45, 7) is 7.23. The Labute approximate surface area is 145 Å². The Morgan fingerprint density at radius 2 is 1.91 bits per heavy atom. The summed E-state index contributed by atoms with van der Waals surface area (Å²) in [6.07, 6.45) is 1.70. The molecular weight excluding hydrogens is 335 g/mol. The first kappa shape index (κ1) is 16.2. The van der Waals surface area contributed by atoms with Crippen molar-refractivity contribution in [1.29, 1.82) is 0 Å². The van der Waals surface area contributed by atoms with Crippen molar-refractivity contribution < 1.29 is 0 Å². The largest absolute Gasteiger partial charge is 0.353 e. The van der Waals surface area contributed by atoms with Gasteiger partial charge in [-0.05, 0) is 24.7 Å². The van der Waals surface area contributed by atoms with Crippen molar-refractivity contribution in [2.75, 3.05) is 42.9 Å². The van der Waals surface area contributed by atoms with Gasteiger partial charge in [-0.2, -0.15) is 10.1 Å². The van der Waals surface area contributed by atoms with Crippen LogP contribution in [-0.4, -0.2) is 52.8 Å². The number of rotatable bonds is 4. The van der Waals surface area contributed by atoms with Crippen molar-refractivity contribution >= 4 is 40.7 Å². The van der Waals surface area contributed by atoms with Crippen LogP contribution >= 0.6 is 23.2 Å². The Kier molecular flexibility index (Phi) is 5.15. The van der Waals surface area contributed by atoms with Crippen molar-refractivity contribution in [3.05, 3.63) is 34.4 Å². The Hall–Kier alpha value is -1.63. The molecule has 0 atom stereocenters. The number of nitrogens with one attached hydrogen (secondary N) is 1. The molecule has 0 radical (unpaired) electrons. The molecule has 2 heterocycles. The van der Waals surface area contributed by atoms with E-state index in [-0.39, 0.29) is 0 Å². The van der Waals surface area contributed by atoms with Crippen molar-refractivity contribution in [2.45, 2.75) is 6.92 Å². The van der Waals surface area contributed by atoms with Gasteiger partial charge < -0.3 is 15.1 Å². The van der Waals surface area contributed by atoms with Crippen molar-refractivity contribution in [1.82, 2.24) is 20.1 Å². The fourth-order valence-corrected chi connectivity index (χ4v) is 2.79. The summed E-state index contributed by atoms with van der Waals surface area (Å²) in [4.78, 5) is 9.18. The molecule has 8 heteroatoms. The summed E-state index contributed by atoms with van der Waals surface area (Å²) in [6, 6.07) is 5.29. The number of anilines is 3. The molecule has 1 aromatic heterocycles. The first-order valence-corrected chi connectivity index (χ1v) is 8.30. The third-order valence-corrected chi connectivity index (χ3v) is 4.60. The molecule has 0 amide bonds. The average Bonchev–Trinajstić information content (AvgIpc) is 2.58. The Morgan fingerprint density at radius 3 is 2.61 bits per heavy atom. The highest BCUT2D eigenvalue weighted by molar-refractivity contribution is 6.42. The van der Waals surface area contributed by atoms with Gasteiger partial charge in [-0.25, -0.2) is 0 Å². The Balaban J connectivity index is 1.71. The SMILES string of the molecule is CCN1CCN(c2cnnc(Nc3ccc(Cl)c(Cl)c3)n2)CC1. The number of benzene rings is 1. The molecule has 0 aliphatic carbocycles. The lowest BCUT2D eigenvalue weighted by molar-refractivity contribution is 0.270. The topological polar surface area (TPSA) is 57.2 Å². The summed E-state index contributed by atoms with van der Waals surface area (Å²) < 4.78 is 0. The summed E-state index contributed by atoms with van der Waals surface area (Å²) in [5.41, 5.74) is 0.772. The first-order valence-electron chi connectivity index (χ1n) is 7.55. The fourth-order valence-electron chi connectivity index (χ4n) is 2.50. The van der Waals surface area contributed by atoms with Gasteiger partial charge in [0.1, 0.15) is 0 Å². The summed E-state index contributed by atoms with van der Waals surface area (Å²) in [5, 5.41) is 12.2. The maximum Gasteiger partial charge on any atom is 0.249 e. The van der Waals surface area contributed by atoms with Crippen LogP contribution in [0.5, 0.6) is 0 Å². The molecule has 1 saturated heterocycles. The minimum absolute atomic E-state index is 0.443. The summed E-state index contributed by atoms with van der Waals surface area (Å²) >= 11 is 11.9. The highest BCUT2D eigenvalue weighted by atomic mass is 35.5. The molecule has 1 N–H and O–H groups in total. The molecule has 0 bridgehead atoms. The van der Waals surface area contributed by atoms with E-state index in [4.69, 9.17) is 23.2 Å². The van der Waals surface area contributed by atoms with Gasteiger partial charge in [0.15, 0.2) is 5.82 Å². The number of piperazine rings is 1. The molecule has 0 spiro atoms. The molecule has 23 heavy (non-hydrogen) atoms. The van der Waals surface area contributed by atoms with Gasteiger partial charge in [0.2, 0.25) is 5.95 Å². The standard InChI is InChI=1S/C15H18Cl2N6/c1-2-22-5-7-23(8-6-22)14-10-18-21-15(20-14)19-11-3-4-12(16)13(17)9-11/h3-4,9-10H,2,5-8H2,1H3,(H,19,20,21). The lowest BCUT2D eigenvalue weighted by atomic mass is 10.3. The second-order valence-corrected chi connectivity index (χ2v) is 6.13. The van der Waals surface area contributed by atoms with E-state index in [2.05, 4.69) is 37.2 Å². The molecule has 0 unspecified atom stereocenters. The quantitative estimate of drug-likeness (QED) is 0.912. The van der Waals surface area contributed by atoms with Crippen LogP contribution in [0, 0.1) is 0 Å². The van der Waals surface area contributed by atoms with Crippen LogP contribution in [-0.2, 0) is 0 Å². The third-order valence-electron chi connectivity index (χ3n) is 3.87. The number of likely N-dealkylation sites (N-methyl/N-ethyl adjacent to an activating group) is 1. The highest BCUT2D eigenvalue weighted by Crippen LogP contribution is 2.26. The van der Waals surface area contributed by atoms with Crippen molar-refractivity contribution in [2.24, 2.45) is 0 Å². The van der Waals surface area contributed by atoms with E-state index in [0.29, 0.717) is 16.0 Å². The molecule has 122 valence electrons. The molecule has 2 aromatic rings.